The number of hydrogen-bond donors (Lipinski definition) is 2. The fourth-order valence-electron chi connectivity index (χ4n) is 1.31. The number of aromatic amines is 1. The van der Waals surface area contributed by atoms with Gasteiger partial charge in [-0.3, -0.25) is 9.59 Å². The summed E-state index contributed by atoms with van der Waals surface area (Å²) in [4.78, 5) is 29.0. The Morgan fingerprint density at radius 3 is 2.89 bits per heavy atom. The fraction of sp³-hybridized carbons (Fsp3) is 0.0833. The molecule has 2 aromatic rings. The SMILES string of the molecule is O=C(CSc1nccc(=O)[nH]1)Nc1ccccc1F. The van der Waals surface area contributed by atoms with Gasteiger partial charge in [0.2, 0.25) is 5.91 Å². The molecule has 2 rings (SSSR count). The van der Waals surface area contributed by atoms with E-state index in [1.54, 1.807) is 12.1 Å². The van der Waals surface area contributed by atoms with Gasteiger partial charge in [0.1, 0.15) is 5.82 Å². The van der Waals surface area contributed by atoms with E-state index in [2.05, 4.69) is 15.3 Å². The second-order valence-corrected chi connectivity index (χ2v) is 4.52. The van der Waals surface area contributed by atoms with E-state index in [-0.39, 0.29) is 22.9 Å². The third kappa shape index (κ3) is 3.92. The Balaban J connectivity index is 1.92. The van der Waals surface area contributed by atoms with Gasteiger partial charge in [0, 0.05) is 12.3 Å². The fourth-order valence-corrected chi connectivity index (χ4v) is 1.96. The van der Waals surface area contributed by atoms with Crippen molar-refractivity contribution in [2.24, 2.45) is 0 Å². The third-order valence-electron chi connectivity index (χ3n) is 2.14. The maximum Gasteiger partial charge on any atom is 0.251 e. The van der Waals surface area contributed by atoms with Gasteiger partial charge in [-0.1, -0.05) is 23.9 Å². The molecule has 0 bridgehead atoms. The first-order chi connectivity index (χ1) is 9.15. The Kier molecular flexibility index (Phi) is 4.30. The van der Waals surface area contributed by atoms with E-state index >= 15 is 0 Å². The molecule has 7 heteroatoms. The topological polar surface area (TPSA) is 74.8 Å². The van der Waals surface area contributed by atoms with Crippen LogP contribution in [0.15, 0.2) is 46.5 Å². The van der Waals surface area contributed by atoms with Crippen molar-refractivity contribution in [3.8, 4) is 0 Å². The molecule has 0 radical (unpaired) electrons. The molecule has 0 aliphatic heterocycles. The van der Waals surface area contributed by atoms with Crippen LogP contribution in [-0.4, -0.2) is 21.6 Å². The van der Waals surface area contributed by atoms with Gasteiger partial charge < -0.3 is 10.3 Å². The number of benzene rings is 1. The van der Waals surface area contributed by atoms with Gasteiger partial charge in [-0.05, 0) is 12.1 Å². The molecular formula is C12H10FN3O2S. The first-order valence-corrected chi connectivity index (χ1v) is 6.36. The number of halogens is 1. The minimum Gasteiger partial charge on any atom is -0.323 e. The van der Waals surface area contributed by atoms with Crippen LogP contribution in [0, 0.1) is 5.82 Å². The zero-order valence-electron chi connectivity index (χ0n) is 9.72. The van der Waals surface area contributed by atoms with Gasteiger partial charge in [0.25, 0.3) is 5.56 Å². The molecule has 0 saturated heterocycles. The molecule has 0 saturated carbocycles. The Hall–Kier alpha value is -2.15. The molecule has 1 aromatic heterocycles. The smallest absolute Gasteiger partial charge is 0.251 e. The lowest BCUT2D eigenvalue weighted by atomic mass is 10.3. The summed E-state index contributed by atoms with van der Waals surface area (Å²) in [5.41, 5.74) is -0.158. The van der Waals surface area contributed by atoms with Crippen LogP contribution in [0.25, 0.3) is 0 Å². The average Bonchev–Trinajstić information content (AvgIpc) is 2.39. The largest absolute Gasteiger partial charge is 0.323 e. The number of aromatic nitrogens is 2. The molecule has 1 aromatic carbocycles. The molecule has 5 nitrogen and oxygen atoms in total. The molecule has 2 N–H and O–H groups in total. The summed E-state index contributed by atoms with van der Waals surface area (Å²) in [5, 5.41) is 2.78. The van der Waals surface area contributed by atoms with Crippen LogP contribution in [0.1, 0.15) is 0 Å². The van der Waals surface area contributed by atoms with Crippen molar-refractivity contribution in [1.82, 2.24) is 9.97 Å². The maximum atomic E-state index is 13.3. The number of amides is 1. The van der Waals surface area contributed by atoms with Crippen molar-refractivity contribution in [3.05, 3.63) is 52.7 Å². The summed E-state index contributed by atoms with van der Waals surface area (Å²) in [7, 11) is 0. The highest BCUT2D eigenvalue weighted by Gasteiger charge is 2.07. The van der Waals surface area contributed by atoms with Crippen molar-refractivity contribution in [1.29, 1.82) is 0 Å². The number of H-pyrrole nitrogens is 1. The quantitative estimate of drug-likeness (QED) is 0.659. The van der Waals surface area contributed by atoms with Crippen molar-refractivity contribution in [2.45, 2.75) is 5.16 Å². The highest BCUT2D eigenvalue weighted by Crippen LogP contribution is 2.14. The Morgan fingerprint density at radius 2 is 2.16 bits per heavy atom. The summed E-state index contributed by atoms with van der Waals surface area (Å²) < 4.78 is 13.3. The summed E-state index contributed by atoms with van der Waals surface area (Å²) in [6.45, 7) is 0. The van der Waals surface area contributed by atoms with E-state index in [0.717, 1.165) is 11.8 Å². The number of anilines is 1. The predicted molar refractivity (Wildman–Crippen MR) is 70.6 cm³/mol. The minimum atomic E-state index is -0.493. The molecule has 0 aliphatic carbocycles. The number of para-hydroxylation sites is 1. The number of carbonyl (C=O) groups is 1. The van der Waals surface area contributed by atoms with Crippen molar-refractivity contribution in [3.63, 3.8) is 0 Å². The second-order valence-electron chi connectivity index (χ2n) is 3.56. The molecule has 98 valence electrons. The third-order valence-corrected chi connectivity index (χ3v) is 3.02. The van der Waals surface area contributed by atoms with Crippen LogP contribution >= 0.6 is 11.8 Å². The van der Waals surface area contributed by atoms with Crippen LogP contribution < -0.4 is 10.9 Å². The molecular weight excluding hydrogens is 269 g/mol. The van der Waals surface area contributed by atoms with Gasteiger partial charge in [-0.2, -0.15) is 0 Å². The number of nitrogens with zero attached hydrogens (tertiary/aromatic N) is 1. The zero-order chi connectivity index (χ0) is 13.7. The lowest BCUT2D eigenvalue weighted by Gasteiger charge is -2.05. The molecule has 0 fully saturated rings. The van der Waals surface area contributed by atoms with Crippen molar-refractivity contribution >= 4 is 23.4 Å². The van der Waals surface area contributed by atoms with Crippen molar-refractivity contribution < 1.29 is 9.18 Å². The molecule has 19 heavy (non-hydrogen) atoms. The van der Waals surface area contributed by atoms with E-state index in [4.69, 9.17) is 0 Å². The first kappa shape index (κ1) is 13.3. The number of carbonyl (C=O) groups excluding carboxylic acids is 1. The van der Waals surface area contributed by atoms with E-state index in [1.807, 2.05) is 0 Å². The van der Waals surface area contributed by atoms with E-state index < -0.39 is 5.82 Å². The highest BCUT2D eigenvalue weighted by molar-refractivity contribution is 7.99. The molecule has 0 unspecified atom stereocenters. The predicted octanol–water partition coefficient (Wildman–Crippen LogP) is 1.64. The summed E-state index contributed by atoms with van der Waals surface area (Å²) in [6, 6.07) is 7.18. The molecule has 1 heterocycles. The van der Waals surface area contributed by atoms with Gasteiger partial charge in [-0.25, -0.2) is 9.37 Å². The molecule has 1 amide bonds. The lowest BCUT2D eigenvalue weighted by molar-refractivity contribution is -0.113. The average molecular weight is 279 g/mol. The van der Waals surface area contributed by atoms with Gasteiger partial charge in [0.15, 0.2) is 5.16 Å². The van der Waals surface area contributed by atoms with Crippen LogP contribution in [0.5, 0.6) is 0 Å². The van der Waals surface area contributed by atoms with Gasteiger partial charge in [0.05, 0.1) is 11.4 Å². The summed E-state index contributed by atoms with van der Waals surface area (Å²) in [6.07, 6.45) is 1.36. The van der Waals surface area contributed by atoms with E-state index in [0.29, 0.717) is 5.16 Å². The summed E-state index contributed by atoms with van der Waals surface area (Å²) >= 11 is 1.07. The van der Waals surface area contributed by atoms with Crippen LogP contribution in [0.4, 0.5) is 10.1 Å². The van der Waals surface area contributed by atoms with Crippen LogP contribution in [0.3, 0.4) is 0 Å². The number of thioether (sulfide) groups is 1. The van der Waals surface area contributed by atoms with E-state index in [1.165, 1.54) is 24.4 Å². The molecule has 0 atom stereocenters. The lowest BCUT2D eigenvalue weighted by Crippen LogP contribution is -2.15. The summed E-state index contributed by atoms with van der Waals surface area (Å²) in [5.74, 6) is -0.838. The monoisotopic (exact) mass is 279 g/mol. The molecule has 0 aliphatic rings. The number of hydrogen-bond acceptors (Lipinski definition) is 4. The second kappa shape index (κ2) is 6.14. The van der Waals surface area contributed by atoms with E-state index in [9.17, 15) is 14.0 Å². The van der Waals surface area contributed by atoms with Gasteiger partial charge >= 0.3 is 0 Å². The first-order valence-electron chi connectivity index (χ1n) is 5.37. The minimum absolute atomic E-state index is 0.0291. The standard InChI is InChI=1S/C12H10FN3O2S/c13-8-3-1-2-4-9(8)15-11(18)7-19-12-14-6-5-10(17)16-12/h1-6H,7H2,(H,15,18)(H,14,16,17). The maximum absolute atomic E-state index is 13.3. The highest BCUT2D eigenvalue weighted by atomic mass is 32.2. The number of nitrogens with one attached hydrogen (secondary N) is 2. The Morgan fingerprint density at radius 1 is 1.37 bits per heavy atom. The van der Waals surface area contributed by atoms with Crippen LogP contribution in [0.2, 0.25) is 0 Å². The Labute approximate surface area is 112 Å². The normalized spacial score (nSPS) is 10.2. The van der Waals surface area contributed by atoms with Crippen molar-refractivity contribution in [2.75, 3.05) is 11.1 Å². The molecule has 0 spiro atoms. The van der Waals surface area contributed by atoms with Gasteiger partial charge in [-0.15, -0.1) is 0 Å². The number of rotatable bonds is 4. The van der Waals surface area contributed by atoms with Crippen LogP contribution in [-0.2, 0) is 4.79 Å². The zero-order valence-corrected chi connectivity index (χ0v) is 10.5. The Bertz CT molecular complexity index is 645.